The van der Waals surface area contributed by atoms with Crippen LogP contribution in [0.5, 0.6) is 0 Å². The molecule has 0 spiro atoms. The van der Waals surface area contributed by atoms with Gasteiger partial charge < -0.3 is 10.2 Å². The first-order valence-electron chi connectivity index (χ1n) is 10.1. The van der Waals surface area contributed by atoms with Gasteiger partial charge in [0.1, 0.15) is 0 Å². The minimum absolute atomic E-state index is 0.121. The molecule has 2 aromatic carbocycles. The first-order valence-corrected chi connectivity index (χ1v) is 11.3. The van der Waals surface area contributed by atoms with E-state index in [-0.39, 0.29) is 11.4 Å². The number of nitrogens with zero attached hydrogens (tertiary/aromatic N) is 2. The molecule has 2 aliphatic rings. The van der Waals surface area contributed by atoms with E-state index in [9.17, 15) is 4.79 Å². The molecule has 1 N–H and O–H groups in total. The fourth-order valence-corrected chi connectivity index (χ4v) is 5.19. The van der Waals surface area contributed by atoms with E-state index in [1.165, 1.54) is 23.0 Å². The lowest BCUT2D eigenvalue weighted by atomic mass is 9.79. The number of hydrogen-bond donors (Lipinski definition) is 1. The molecule has 1 fully saturated rings. The predicted octanol–water partition coefficient (Wildman–Crippen LogP) is 6.26. The van der Waals surface area contributed by atoms with E-state index in [0.717, 1.165) is 23.2 Å². The van der Waals surface area contributed by atoms with Gasteiger partial charge in [-0.05, 0) is 98.0 Å². The van der Waals surface area contributed by atoms with Crippen LogP contribution in [0.2, 0.25) is 5.02 Å². The Bertz CT molecular complexity index is 1090. The Kier molecular flexibility index (Phi) is 5.45. The number of benzene rings is 2. The number of rotatable bonds is 2. The molecule has 0 aromatic heterocycles. The van der Waals surface area contributed by atoms with Gasteiger partial charge in [0.05, 0.1) is 10.6 Å². The third kappa shape index (κ3) is 4.01. The normalized spacial score (nSPS) is 23.1. The zero-order chi connectivity index (χ0) is 21.6. The number of hydrogen-bond acceptors (Lipinski definition) is 4. The summed E-state index contributed by atoms with van der Waals surface area (Å²) in [5, 5.41) is 4.04. The number of thioether (sulfide) groups is 1. The van der Waals surface area contributed by atoms with Crippen molar-refractivity contribution in [3.8, 4) is 0 Å². The molecule has 30 heavy (non-hydrogen) atoms. The number of carbonyl (C=O) groups is 1. The van der Waals surface area contributed by atoms with Crippen LogP contribution in [0.4, 0.5) is 11.4 Å². The second kappa shape index (κ2) is 7.78. The van der Waals surface area contributed by atoms with Crippen LogP contribution < -0.4 is 10.2 Å². The smallest absolute Gasteiger partial charge is 0.264 e. The molecule has 1 saturated heterocycles. The van der Waals surface area contributed by atoms with E-state index in [1.54, 1.807) is 12.1 Å². The fraction of sp³-hybridized carbons (Fsp3) is 0.333. The number of carbonyl (C=O) groups excluding carboxylic acids is 1. The molecule has 2 heterocycles. The van der Waals surface area contributed by atoms with Gasteiger partial charge in [-0.25, -0.2) is 4.99 Å². The largest absolute Gasteiger partial charge is 0.369 e. The summed E-state index contributed by atoms with van der Waals surface area (Å²) in [6, 6.07) is 11.8. The average Bonchev–Trinajstić information content (AvgIpc) is 2.99. The maximum Gasteiger partial charge on any atom is 0.264 e. The van der Waals surface area contributed by atoms with Crippen molar-refractivity contribution >= 4 is 51.9 Å². The summed E-state index contributed by atoms with van der Waals surface area (Å²) in [5.74, 6) is 0.346. The minimum atomic E-state index is -0.121. The van der Waals surface area contributed by atoms with Crippen LogP contribution >= 0.6 is 23.4 Å². The van der Waals surface area contributed by atoms with Crippen LogP contribution in [0.3, 0.4) is 0 Å². The maximum absolute atomic E-state index is 12.5. The van der Waals surface area contributed by atoms with Crippen molar-refractivity contribution in [3.05, 3.63) is 63.0 Å². The lowest BCUT2D eigenvalue weighted by Crippen LogP contribution is -2.45. The summed E-state index contributed by atoms with van der Waals surface area (Å²) in [5.41, 5.74) is 5.71. The summed E-state index contributed by atoms with van der Waals surface area (Å²) in [7, 11) is 2.17. The van der Waals surface area contributed by atoms with Crippen LogP contribution in [-0.4, -0.2) is 23.7 Å². The van der Waals surface area contributed by atoms with Crippen molar-refractivity contribution in [2.75, 3.05) is 11.9 Å². The number of halogens is 1. The maximum atomic E-state index is 12.5. The molecule has 2 aliphatic heterocycles. The van der Waals surface area contributed by atoms with E-state index in [2.05, 4.69) is 62.1 Å². The first-order chi connectivity index (χ1) is 14.1. The van der Waals surface area contributed by atoms with Gasteiger partial charge in [-0.3, -0.25) is 4.79 Å². The SMILES string of the molecule is Cc1cc2c(cc1/C=C1\SC(=Nc3cccc(Cl)c3)NC1=O)C(C)CC(C)(C)N2C. The first kappa shape index (κ1) is 21.0. The molecular formula is C24H26ClN3OS. The molecule has 0 radical (unpaired) electrons. The van der Waals surface area contributed by atoms with Crippen molar-refractivity contribution in [3.63, 3.8) is 0 Å². The van der Waals surface area contributed by atoms with Crippen molar-refractivity contribution in [2.45, 2.75) is 45.6 Å². The predicted molar refractivity (Wildman–Crippen MR) is 129 cm³/mol. The van der Waals surface area contributed by atoms with Gasteiger partial charge in [0.25, 0.3) is 5.91 Å². The van der Waals surface area contributed by atoms with Gasteiger partial charge in [0.15, 0.2) is 5.17 Å². The summed E-state index contributed by atoms with van der Waals surface area (Å²) < 4.78 is 0. The highest BCUT2D eigenvalue weighted by molar-refractivity contribution is 8.18. The van der Waals surface area contributed by atoms with Gasteiger partial charge in [-0.15, -0.1) is 0 Å². The Hall–Kier alpha value is -2.24. The number of aryl methyl sites for hydroxylation is 1. The molecule has 6 heteroatoms. The number of anilines is 1. The van der Waals surface area contributed by atoms with E-state index in [0.29, 0.717) is 21.0 Å². The van der Waals surface area contributed by atoms with Crippen molar-refractivity contribution in [1.82, 2.24) is 5.32 Å². The van der Waals surface area contributed by atoms with Crippen LogP contribution in [0.15, 0.2) is 46.3 Å². The lowest BCUT2D eigenvalue weighted by molar-refractivity contribution is -0.115. The quantitative estimate of drug-likeness (QED) is 0.561. The highest BCUT2D eigenvalue weighted by Gasteiger charge is 2.34. The Morgan fingerprint density at radius 1 is 1.30 bits per heavy atom. The monoisotopic (exact) mass is 439 g/mol. The van der Waals surface area contributed by atoms with E-state index in [4.69, 9.17) is 11.6 Å². The number of amides is 1. The molecule has 4 rings (SSSR count). The zero-order valence-electron chi connectivity index (χ0n) is 17.9. The van der Waals surface area contributed by atoms with Gasteiger partial charge in [0.2, 0.25) is 0 Å². The summed E-state index contributed by atoms with van der Waals surface area (Å²) in [6.45, 7) is 8.97. The highest BCUT2D eigenvalue weighted by atomic mass is 35.5. The molecule has 1 unspecified atom stereocenters. The highest BCUT2D eigenvalue weighted by Crippen LogP contribution is 2.44. The second-order valence-corrected chi connectivity index (χ2v) is 10.2. The Morgan fingerprint density at radius 3 is 2.80 bits per heavy atom. The van der Waals surface area contributed by atoms with Crippen LogP contribution in [-0.2, 0) is 4.79 Å². The number of amidine groups is 1. The number of nitrogens with one attached hydrogen (secondary N) is 1. The molecule has 0 bridgehead atoms. The van der Waals surface area contributed by atoms with E-state index in [1.807, 2.05) is 18.2 Å². The summed E-state index contributed by atoms with van der Waals surface area (Å²) >= 11 is 7.39. The van der Waals surface area contributed by atoms with Crippen molar-refractivity contribution in [1.29, 1.82) is 0 Å². The third-order valence-electron chi connectivity index (χ3n) is 6.00. The van der Waals surface area contributed by atoms with Gasteiger partial charge >= 0.3 is 0 Å². The Morgan fingerprint density at radius 2 is 2.07 bits per heavy atom. The van der Waals surface area contributed by atoms with E-state index < -0.39 is 0 Å². The molecule has 0 saturated carbocycles. The van der Waals surface area contributed by atoms with Crippen LogP contribution in [0, 0.1) is 6.92 Å². The minimum Gasteiger partial charge on any atom is -0.369 e. The Labute approximate surface area is 187 Å². The molecule has 156 valence electrons. The number of fused-ring (bicyclic) bond motifs is 1. The van der Waals surface area contributed by atoms with Gasteiger partial charge in [0, 0.05) is 23.3 Å². The molecule has 1 atom stereocenters. The van der Waals surface area contributed by atoms with Crippen LogP contribution in [0.1, 0.15) is 49.8 Å². The van der Waals surface area contributed by atoms with Gasteiger partial charge in [-0.2, -0.15) is 0 Å². The molecular weight excluding hydrogens is 414 g/mol. The fourth-order valence-electron chi connectivity index (χ4n) is 4.17. The molecule has 1 amide bonds. The summed E-state index contributed by atoms with van der Waals surface area (Å²) in [4.78, 5) is 20.1. The standard InChI is InChI=1S/C24H26ClN3OS/c1-14-9-20-19(15(2)13-24(3,4)28(20)5)10-16(14)11-21-22(29)27-23(30-21)26-18-8-6-7-17(25)12-18/h6-12,15H,13H2,1-5H3,(H,26,27,29)/b21-11-. The third-order valence-corrected chi connectivity index (χ3v) is 7.14. The average molecular weight is 440 g/mol. The Balaban J connectivity index is 1.66. The summed E-state index contributed by atoms with van der Waals surface area (Å²) in [6.07, 6.45) is 3.07. The zero-order valence-corrected chi connectivity index (χ0v) is 19.5. The van der Waals surface area contributed by atoms with Gasteiger partial charge in [-0.1, -0.05) is 24.6 Å². The lowest BCUT2D eigenvalue weighted by Gasteiger charge is -2.45. The number of aliphatic imine (C=N–C) groups is 1. The second-order valence-electron chi connectivity index (χ2n) is 8.71. The molecule has 2 aromatic rings. The van der Waals surface area contributed by atoms with Crippen molar-refractivity contribution < 1.29 is 4.79 Å². The van der Waals surface area contributed by atoms with Crippen molar-refractivity contribution in [2.24, 2.45) is 4.99 Å². The topological polar surface area (TPSA) is 44.7 Å². The molecule has 0 aliphatic carbocycles. The van der Waals surface area contributed by atoms with E-state index >= 15 is 0 Å². The van der Waals surface area contributed by atoms with Crippen LogP contribution in [0.25, 0.3) is 6.08 Å². The molecule has 4 nitrogen and oxygen atoms in total.